The van der Waals surface area contributed by atoms with E-state index in [1.165, 1.54) is 49.2 Å². The van der Waals surface area contributed by atoms with Crippen molar-refractivity contribution in [3.63, 3.8) is 0 Å². The van der Waals surface area contributed by atoms with Crippen molar-refractivity contribution in [2.45, 2.75) is 63.6 Å². The van der Waals surface area contributed by atoms with E-state index < -0.39 is 0 Å². The molecule has 1 saturated carbocycles. The lowest BCUT2D eigenvalue weighted by Gasteiger charge is -2.25. The molecule has 1 aliphatic heterocycles. The minimum atomic E-state index is -0.370. The fourth-order valence-corrected chi connectivity index (χ4v) is 4.78. The SMILES string of the molecule is CN(CCC1(O)CCCC1)Cc1cc(CN2CCCC2)cs1. The van der Waals surface area contributed by atoms with Gasteiger partial charge in [-0.3, -0.25) is 4.90 Å². The van der Waals surface area contributed by atoms with Gasteiger partial charge in [0, 0.05) is 24.5 Å². The van der Waals surface area contributed by atoms with Gasteiger partial charge in [0.15, 0.2) is 0 Å². The maximum atomic E-state index is 10.4. The number of rotatable bonds is 7. The molecule has 1 aromatic heterocycles. The fourth-order valence-electron chi connectivity index (χ4n) is 3.82. The zero-order chi connectivity index (χ0) is 15.4. The van der Waals surface area contributed by atoms with Crippen molar-refractivity contribution in [1.29, 1.82) is 0 Å². The zero-order valence-electron chi connectivity index (χ0n) is 13.9. The van der Waals surface area contributed by atoms with Gasteiger partial charge >= 0.3 is 0 Å². The third-order valence-corrected chi connectivity index (χ3v) is 6.20. The molecule has 0 spiro atoms. The van der Waals surface area contributed by atoms with Crippen LogP contribution in [0.1, 0.15) is 55.4 Å². The number of likely N-dealkylation sites (tertiary alicyclic amines) is 1. The van der Waals surface area contributed by atoms with E-state index in [0.717, 1.165) is 38.9 Å². The monoisotopic (exact) mass is 322 g/mol. The minimum Gasteiger partial charge on any atom is -0.390 e. The van der Waals surface area contributed by atoms with Crippen LogP contribution < -0.4 is 0 Å². The van der Waals surface area contributed by atoms with E-state index >= 15 is 0 Å². The van der Waals surface area contributed by atoms with E-state index in [9.17, 15) is 5.11 Å². The average molecular weight is 323 g/mol. The molecule has 124 valence electrons. The second kappa shape index (κ2) is 7.43. The molecule has 3 nitrogen and oxygen atoms in total. The van der Waals surface area contributed by atoms with Gasteiger partial charge in [0.25, 0.3) is 0 Å². The molecule has 3 rings (SSSR count). The predicted octanol–water partition coefficient (Wildman–Crippen LogP) is 3.47. The molecule has 0 amide bonds. The molecule has 22 heavy (non-hydrogen) atoms. The summed E-state index contributed by atoms with van der Waals surface area (Å²) in [7, 11) is 2.18. The van der Waals surface area contributed by atoms with E-state index in [2.05, 4.69) is 28.3 Å². The van der Waals surface area contributed by atoms with Crippen LogP contribution in [0.15, 0.2) is 11.4 Å². The summed E-state index contributed by atoms with van der Waals surface area (Å²) < 4.78 is 0. The van der Waals surface area contributed by atoms with Crippen LogP contribution >= 0.6 is 11.3 Å². The molecule has 0 atom stereocenters. The van der Waals surface area contributed by atoms with Gasteiger partial charge in [-0.05, 0) is 69.3 Å². The number of aliphatic hydroxyl groups is 1. The topological polar surface area (TPSA) is 26.7 Å². The van der Waals surface area contributed by atoms with Crippen LogP contribution in [0.4, 0.5) is 0 Å². The van der Waals surface area contributed by atoms with Crippen molar-refractivity contribution in [3.8, 4) is 0 Å². The highest BCUT2D eigenvalue weighted by molar-refractivity contribution is 7.10. The van der Waals surface area contributed by atoms with Gasteiger partial charge in [0.05, 0.1) is 5.60 Å². The van der Waals surface area contributed by atoms with Gasteiger partial charge in [-0.15, -0.1) is 11.3 Å². The minimum absolute atomic E-state index is 0.370. The standard InChI is InChI=1S/C18H30N2OS/c1-19(11-8-18(21)6-2-3-7-18)14-17-12-16(15-22-17)13-20-9-4-5-10-20/h12,15,21H,2-11,13-14H2,1H3. The highest BCUT2D eigenvalue weighted by Crippen LogP contribution is 2.32. The molecule has 2 aliphatic rings. The van der Waals surface area contributed by atoms with Crippen LogP contribution in [0.5, 0.6) is 0 Å². The summed E-state index contributed by atoms with van der Waals surface area (Å²) in [6, 6.07) is 2.38. The summed E-state index contributed by atoms with van der Waals surface area (Å²) in [6.45, 7) is 5.67. The Morgan fingerprint density at radius 2 is 1.95 bits per heavy atom. The van der Waals surface area contributed by atoms with Crippen molar-refractivity contribution < 1.29 is 5.11 Å². The number of thiophene rings is 1. The van der Waals surface area contributed by atoms with E-state index in [4.69, 9.17) is 0 Å². The van der Waals surface area contributed by atoms with Crippen LogP contribution in [0, 0.1) is 0 Å². The van der Waals surface area contributed by atoms with Crippen LogP contribution in [0.3, 0.4) is 0 Å². The summed E-state index contributed by atoms with van der Waals surface area (Å²) in [4.78, 5) is 6.38. The average Bonchev–Trinajstić information content (AvgIpc) is 3.21. The van der Waals surface area contributed by atoms with Crippen LogP contribution in [-0.4, -0.2) is 47.2 Å². The Labute approximate surface area is 138 Å². The van der Waals surface area contributed by atoms with Crippen LogP contribution in [-0.2, 0) is 13.1 Å². The maximum absolute atomic E-state index is 10.4. The number of hydrogen-bond donors (Lipinski definition) is 1. The lowest BCUT2D eigenvalue weighted by molar-refractivity contribution is 0.0298. The van der Waals surface area contributed by atoms with Gasteiger partial charge < -0.3 is 10.0 Å². The van der Waals surface area contributed by atoms with Crippen molar-refractivity contribution in [2.75, 3.05) is 26.7 Å². The molecule has 0 aromatic carbocycles. The Hall–Kier alpha value is -0.420. The van der Waals surface area contributed by atoms with Gasteiger partial charge in [-0.2, -0.15) is 0 Å². The second-order valence-electron chi connectivity index (χ2n) is 7.32. The molecule has 1 saturated heterocycles. The molecule has 1 aromatic rings. The van der Waals surface area contributed by atoms with E-state index in [-0.39, 0.29) is 5.60 Å². The van der Waals surface area contributed by atoms with Crippen molar-refractivity contribution in [2.24, 2.45) is 0 Å². The molecule has 0 bridgehead atoms. The van der Waals surface area contributed by atoms with E-state index in [1.54, 1.807) is 0 Å². The Morgan fingerprint density at radius 3 is 2.68 bits per heavy atom. The Kier molecular flexibility index (Phi) is 5.55. The molecule has 2 heterocycles. The summed E-state index contributed by atoms with van der Waals surface area (Å²) in [5, 5.41) is 12.8. The Morgan fingerprint density at radius 1 is 1.23 bits per heavy atom. The van der Waals surface area contributed by atoms with Crippen LogP contribution in [0.2, 0.25) is 0 Å². The lowest BCUT2D eigenvalue weighted by Crippen LogP contribution is -2.30. The first-order valence-electron chi connectivity index (χ1n) is 8.83. The smallest absolute Gasteiger partial charge is 0.0660 e. The molecule has 4 heteroatoms. The highest BCUT2D eigenvalue weighted by atomic mass is 32.1. The second-order valence-corrected chi connectivity index (χ2v) is 8.32. The zero-order valence-corrected chi connectivity index (χ0v) is 14.7. The fraction of sp³-hybridized carbons (Fsp3) is 0.778. The predicted molar refractivity (Wildman–Crippen MR) is 93.2 cm³/mol. The Bertz CT molecular complexity index is 461. The Balaban J connectivity index is 1.43. The first-order chi connectivity index (χ1) is 10.6. The van der Waals surface area contributed by atoms with E-state index in [0.29, 0.717) is 0 Å². The van der Waals surface area contributed by atoms with E-state index in [1.807, 2.05) is 11.3 Å². The first kappa shape index (κ1) is 16.4. The molecule has 1 N–H and O–H groups in total. The van der Waals surface area contributed by atoms with Crippen molar-refractivity contribution >= 4 is 11.3 Å². The maximum Gasteiger partial charge on any atom is 0.0660 e. The van der Waals surface area contributed by atoms with Gasteiger partial charge in [-0.1, -0.05) is 12.8 Å². The number of nitrogens with zero attached hydrogens (tertiary/aromatic N) is 2. The van der Waals surface area contributed by atoms with Gasteiger partial charge in [0.2, 0.25) is 0 Å². The van der Waals surface area contributed by atoms with Gasteiger partial charge in [-0.25, -0.2) is 0 Å². The summed E-state index contributed by atoms with van der Waals surface area (Å²) >= 11 is 1.89. The number of hydrogen-bond acceptors (Lipinski definition) is 4. The molecule has 0 radical (unpaired) electrons. The first-order valence-corrected chi connectivity index (χ1v) is 9.71. The molecule has 2 fully saturated rings. The molecule has 1 aliphatic carbocycles. The third kappa shape index (κ3) is 4.54. The molecular weight excluding hydrogens is 292 g/mol. The van der Waals surface area contributed by atoms with Crippen LogP contribution in [0.25, 0.3) is 0 Å². The quantitative estimate of drug-likeness (QED) is 0.833. The summed E-state index contributed by atoms with van der Waals surface area (Å²) in [5.74, 6) is 0. The van der Waals surface area contributed by atoms with Crippen molar-refractivity contribution in [3.05, 3.63) is 21.9 Å². The summed E-state index contributed by atoms with van der Waals surface area (Å²) in [5.41, 5.74) is 1.11. The molecule has 0 unspecified atom stereocenters. The van der Waals surface area contributed by atoms with Crippen molar-refractivity contribution in [1.82, 2.24) is 9.80 Å². The lowest BCUT2D eigenvalue weighted by atomic mass is 9.98. The normalized spacial score (nSPS) is 22.0. The highest BCUT2D eigenvalue weighted by Gasteiger charge is 2.30. The third-order valence-electron chi connectivity index (χ3n) is 5.23. The van der Waals surface area contributed by atoms with Gasteiger partial charge in [0.1, 0.15) is 0 Å². The largest absolute Gasteiger partial charge is 0.390 e. The summed E-state index contributed by atoms with van der Waals surface area (Å²) in [6.07, 6.45) is 8.05. The molecular formula is C18H30N2OS.